The molecule has 5 heteroatoms. The molecule has 0 spiro atoms. The lowest BCUT2D eigenvalue weighted by molar-refractivity contribution is 0.476. The molecular formula is C14H8Br2FNO. The number of hydrogen-bond donors (Lipinski definition) is 0. The highest BCUT2D eigenvalue weighted by atomic mass is 79.9. The average Bonchev–Trinajstić information content (AvgIpc) is 2.39. The molecule has 0 bridgehead atoms. The first kappa shape index (κ1) is 14.0. The molecule has 2 aromatic rings. The fraction of sp³-hybridized carbons (Fsp3) is 0.0714. The highest BCUT2D eigenvalue weighted by molar-refractivity contribution is 9.10. The summed E-state index contributed by atoms with van der Waals surface area (Å²) in [5.74, 6) is 0.367. The van der Waals surface area contributed by atoms with E-state index in [2.05, 4.69) is 31.9 Å². The molecule has 0 fully saturated rings. The zero-order chi connectivity index (χ0) is 13.8. The van der Waals surface area contributed by atoms with E-state index in [1.54, 1.807) is 18.2 Å². The third-order valence-corrected chi connectivity index (χ3v) is 3.81. The monoisotopic (exact) mass is 383 g/mol. The average molecular weight is 385 g/mol. The second kappa shape index (κ2) is 6.18. The number of ether oxygens (including phenoxy) is 1. The van der Waals surface area contributed by atoms with Crippen molar-refractivity contribution in [3.05, 3.63) is 57.8 Å². The summed E-state index contributed by atoms with van der Waals surface area (Å²) >= 11 is 6.80. The Hall–Kier alpha value is -1.38. The van der Waals surface area contributed by atoms with Crippen LogP contribution in [-0.4, -0.2) is 0 Å². The van der Waals surface area contributed by atoms with E-state index >= 15 is 0 Å². The van der Waals surface area contributed by atoms with Gasteiger partial charge in [0.1, 0.15) is 23.4 Å². The van der Waals surface area contributed by atoms with Crippen LogP contribution < -0.4 is 4.74 Å². The zero-order valence-electron chi connectivity index (χ0n) is 9.66. The van der Waals surface area contributed by atoms with Gasteiger partial charge in [-0.25, -0.2) is 4.39 Å². The van der Waals surface area contributed by atoms with E-state index in [-0.39, 0.29) is 5.56 Å². The number of nitriles is 1. The van der Waals surface area contributed by atoms with E-state index in [0.717, 1.165) is 15.4 Å². The Bertz CT molecular complexity index is 652. The van der Waals surface area contributed by atoms with E-state index in [9.17, 15) is 4.39 Å². The quantitative estimate of drug-likeness (QED) is 0.685. The minimum Gasteiger partial charge on any atom is -0.457 e. The second-order valence-corrected chi connectivity index (χ2v) is 5.16. The largest absolute Gasteiger partial charge is 0.457 e. The summed E-state index contributed by atoms with van der Waals surface area (Å²) in [4.78, 5) is 0. The molecule has 2 rings (SSSR count). The van der Waals surface area contributed by atoms with Gasteiger partial charge in [0, 0.05) is 15.9 Å². The highest BCUT2D eigenvalue weighted by Gasteiger charge is 2.06. The Labute approximate surface area is 127 Å². The molecule has 19 heavy (non-hydrogen) atoms. The van der Waals surface area contributed by atoms with Crippen molar-refractivity contribution in [1.82, 2.24) is 0 Å². The lowest BCUT2D eigenvalue weighted by Gasteiger charge is -2.08. The molecule has 0 aliphatic rings. The van der Waals surface area contributed by atoms with Crippen molar-refractivity contribution >= 4 is 31.9 Å². The van der Waals surface area contributed by atoms with Gasteiger partial charge in [-0.05, 0) is 29.8 Å². The number of halogens is 3. The summed E-state index contributed by atoms with van der Waals surface area (Å²) in [6.45, 7) is 0. The van der Waals surface area contributed by atoms with Crippen molar-refractivity contribution in [1.29, 1.82) is 5.26 Å². The van der Waals surface area contributed by atoms with Crippen LogP contribution in [0.3, 0.4) is 0 Å². The second-order valence-electron chi connectivity index (χ2n) is 3.74. The van der Waals surface area contributed by atoms with Gasteiger partial charge < -0.3 is 4.74 Å². The number of hydrogen-bond acceptors (Lipinski definition) is 2. The van der Waals surface area contributed by atoms with Gasteiger partial charge in [0.15, 0.2) is 0 Å². The first-order chi connectivity index (χ1) is 9.13. The number of alkyl halides is 1. The Balaban J connectivity index is 2.24. The minimum atomic E-state index is -0.587. The molecular weight excluding hydrogens is 377 g/mol. The maximum absolute atomic E-state index is 13.4. The molecule has 2 nitrogen and oxygen atoms in total. The number of rotatable bonds is 3. The first-order valence-electron chi connectivity index (χ1n) is 5.36. The van der Waals surface area contributed by atoms with Crippen LogP contribution in [0.1, 0.15) is 11.1 Å². The van der Waals surface area contributed by atoms with Gasteiger partial charge in [-0.15, -0.1) is 0 Å². The van der Waals surface area contributed by atoms with Crippen molar-refractivity contribution in [3.63, 3.8) is 0 Å². The van der Waals surface area contributed by atoms with Crippen LogP contribution in [0.25, 0.3) is 0 Å². The molecule has 0 unspecified atom stereocenters. The number of nitrogens with zero attached hydrogens (tertiary/aromatic N) is 1. The minimum absolute atomic E-state index is 0.00293. The molecule has 0 aliphatic heterocycles. The fourth-order valence-corrected chi connectivity index (χ4v) is 2.85. The normalized spacial score (nSPS) is 10.0. The van der Waals surface area contributed by atoms with E-state index in [1.165, 1.54) is 12.1 Å². The summed E-state index contributed by atoms with van der Waals surface area (Å²) in [6.07, 6.45) is 0. The molecule has 0 amide bonds. The number of benzene rings is 2. The van der Waals surface area contributed by atoms with Crippen LogP contribution in [0.5, 0.6) is 11.5 Å². The van der Waals surface area contributed by atoms with Gasteiger partial charge in [0.2, 0.25) is 0 Å². The lowest BCUT2D eigenvalue weighted by Crippen LogP contribution is -1.89. The Morgan fingerprint density at radius 2 is 1.84 bits per heavy atom. The Kier molecular flexibility index (Phi) is 4.56. The third kappa shape index (κ3) is 3.34. The van der Waals surface area contributed by atoms with Crippen LogP contribution in [0.15, 0.2) is 40.9 Å². The molecule has 96 valence electrons. The summed E-state index contributed by atoms with van der Waals surface area (Å²) in [7, 11) is 0. The van der Waals surface area contributed by atoms with Crippen LogP contribution >= 0.6 is 31.9 Å². The van der Waals surface area contributed by atoms with E-state index < -0.39 is 5.82 Å². The lowest BCUT2D eigenvalue weighted by atomic mass is 10.2. The summed E-state index contributed by atoms with van der Waals surface area (Å²) in [5.41, 5.74) is 1.10. The predicted molar refractivity (Wildman–Crippen MR) is 78.0 cm³/mol. The third-order valence-electron chi connectivity index (χ3n) is 2.47. The predicted octanol–water partition coefficient (Wildman–Crippen LogP) is 5.15. The molecule has 0 aromatic heterocycles. The molecule has 0 N–H and O–H groups in total. The van der Waals surface area contributed by atoms with Gasteiger partial charge in [-0.1, -0.05) is 37.9 Å². The van der Waals surface area contributed by atoms with Crippen molar-refractivity contribution in [3.8, 4) is 17.6 Å². The zero-order valence-corrected chi connectivity index (χ0v) is 12.8. The maximum atomic E-state index is 13.4. The van der Waals surface area contributed by atoms with Gasteiger partial charge >= 0.3 is 0 Å². The summed E-state index contributed by atoms with van der Waals surface area (Å²) in [5, 5.41) is 9.39. The smallest absolute Gasteiger partial charge is 0.144 e. The van der Waals surface area contributed by atoms with Crippen molar-refractivity contribution in [2.45, 2.75) is 5.33 Å². The molecule has 0 aliphatic carbocycles. The molecule has 0 atom stereocenters. The van der Waals surface area contributed by atoms with Crippen molar-refractivity contribution in [2.24, 2.45) is 0 Å². The topological polar surface area (TPSA) is 33.0 Å². The van der Waals surface area contributed by atoms with E-state index in [0.29, 0.717) is 11.5 Å². The van der Waals surface area contributed by atoms with Gasteiger partial charge in [0.05, 0.1) is 5.56 Å². The van der Waals surface area contributed by atoms with E-state index in [1.807, 2.05) is 12.1 Å². The van der Waals surface area contributed by atoms with Crippen molar-refractivity contribution in [2.75, 3.05) is 0 Å². The summed E-state index contributed by atoms with van der Waals surface area (Å²) < 4.78 is 19.9. The summed E-state index contributed by atoms with van der Waals surface area (Å²) in [6, 6.07) is 11.5. The van der Waals surface area contributed by atoms with Crippen LogP contribution in [0.2, 0.25) is 0 Å². The van der Waals surface area contributed by atoms with Gasteiger partial charge in [0.25, 0.3) is 0 Å². The van der Waals surface area contributed by atoms with Crippen LogP contribution in [0, 0.1) is 17.1 Å². The highest BCUT2D eigenvalue weighted by Crippen LogP contribution is 2.28. The molecule has 0 saturated carbocycles. The van der Waals surface area contributed by atoms with Gasteiger partial charge in [-0.3, -0.25) is 0 Å². The van der Waals surface area contributed by atoms with Crippen LogP contribution in [0.4, 0.5) is 4.39 Å². The standard InChI is InChI=1S/C14H8Br2FNO/c15-7-9-1-3-11(5-13(9)16)19-12-4-2-10(8-18)14(17)6-12/h1-6H,7H2. The molecule has 0 radical (unpaired) electrons. The first-order valence-corrected chi connectivity index (χ1v) is 7.27. The van der Waals surface area contributed by atoms with Gasteiger partial charge in [-0.2, -0.15) is 5.26 Å². The Morgan fingerprint density at radius 1 is 1.16 bits per heavy atom. The fourth-order valence-electron chi connectivity index (χ4n) is 1.49. The van der Waals surface area contributed by atoms with Crippen molar-refractivity contribution < 1.29 is 9.13 Å². The molecule has 0 saturated heterocycles. The van der Waals surface area contributed by atoms with Crippen LogP contribution in [-0.2, 0) is 5.33 Å². The SMILES string of the molecule is N#Cc1ccc(Oc2ccc(CBr)c(Br)c2)cc1F. The maximum Gasteiger partial charge on any atom is 0.144 e. The molecule has 0 heterocycles. The van der Waals surface area contributed by atoms with E-state index in [4.69, 9.17) is 10.00 Å². The molecule has 2 aromatic carbocycles. The Morgan fingerprint density at radius 3 is 2.42 bits per heavy atom.